The van der Waals surface area contributed by atoms with Crippen LogP contribution in [0.25, 0.3) is 5.70 Å². The molecule has 0 amide bonds. The number of esters is 2. The van der Waals surface area contributed by atoms with Gasteiger partial charge in [-0.1, -0.05) is 45.2 Å². The fourth-order valence-corrected chi connectivity index (χ4v) is 1.88. The molecule has 0 aromatic heterocycles. The highest BCUT2D eigenvalue weighted by Gasteiger charge is 2.29. The van der Waals surface area contributed by atoms with Gasteiger partial charge >= 0.3 is 11.9 Å². The Morgan fingerprint density at radius 2 is 1.83 bits per heavy atom. The van der Waals surface area contributed by atoms with E-state index in [1.54, 1.807) is 24.3 Å². The second-order valence-electron chi connectivity index (χ2n) is 4.39. The van der Waals surface area contributed by atoms with Crippen LogP contribution < -0.4 is 5.32 Å². The van der Waals surface area contributed by atoms with Crippen molar-refractivity contribution in [3.05, 3.63) is 78.0 Å². The lowest BCUT2D eigenvalue weighted by atomic mass is 10.0. The van der Waals surface area contributed by atoms with Crippen LogP contribution in [-0.2, 0) is 4.74 Å². The SMILES string of the molecule is C=C/C(=C\C=C/C)NC(=C)c1ccc2c(c1)C(=O)OC2=O.CC. The lowest BCUT2D eigenvalue weighted by molar-refractivity contribution is 0.0444. The third-order valence-corrected chi connectivity index (χ3v) is 2.98. The summed E-state index contributed by atoms with van der Waals surface area (Å²) in [6.07, 6.45) is 7.28. The normalized spacial score (nSPS) is 13.1. The summed E-state index contributed by atoms with van der Waals surface area (Å²) in [4.78, 5) is 22.9. The van der Waals surface area contributed by atoms with E-state index in [1.807, 2.05) is 39.0 Å². The molecule has 1 aliphatic rings. The second kappa shape index (κ2) is 8.54. The molecule has 0 fully saturated rings. The number of carbonyl (C=O) groups is 2. The highest BCUT2D eigenvalue weighted by molar-refractivity contribution is 6.15. The van der Waals surface area contributed by atoms with Gasteiger partial charge in [0.05, 0.1) is 11.1 Å². The highest BCUT2D eigenvalue weighted by Crippen LogP contribution is 2.23. The van der Waals surface area contributed by atoms with Gasteiger partial charge in [-0.25, -0.2) is 9.59 Å². The third kappa shape index (κ3) is 4.30. The Labute approximate surface area is 136 Å². The van der Waals surface area contributed by atoms with Crippen LogP contribution in [0.15, 0.2) is 61.4 Å². The minimum atomic E-state index is -0.627. The van der Waals surface area contributed by atoms with E-state index in [9.17, 15) is 9.59 Å². The summed E-state index contributed by atoms with van der Waals surface area (Å²) in [7, 11) is 0. The van der Waals surface area contributed by atoms with Crippen LogP contribution in [-0.4, -0.2) is 11.9 Å². The van der Waals surface area contributed by atoms with Crippen LogP contribution in [0.5, 0.6) is 0 Å². The Hall–Kier alpha value is -2.88. The van der Waals surface area contributed by atoms with Crippen molar-refractivity contribution < 1.29 is 14.3 Å². The minimum absolute atomic E-state index is 0.262. The summed E-state index contributed by atoms with van der Waals surface area (Å²) in [5.41, 5.74) is 2.62. The van der Waals surface area contributed by atoms with Gasteiger partial charge in [-0.3, -0.25) is 0 Å². The zero-order valence-corrected chi connectivity index (χ0v) is 13.7. The molecule has 0 bridgehead atoms. The third-order valence-electron chi connectivity index (χ3n) is 2.98. The smallest absolute Gasteiger partial charge is 0.346 e. The molecule has 0 radical (unpaired) electrons. The fourth-order valence-electron chi connectivity index (χ4n) is 1.88. The number of fused-ring (bicyclic) bond motifs is 1. The zero-order chi connectivity index (χ0) is 17.4. The standard InChI is InChI=1S/C17H15NO3.C2H6/c1-4-6-7-13(5-2)18-11(3)12-8-9-14-15(10-12)17(20)21-16(14)19;1-2/h4-10,18H,2-3H2,1H3;1-2H3/b6-4-,13-7+;. The molecule has 0 atom stereocenters. The predicted molar refractivity (Wildman–Crippen MR) is 92.8 cm³/mol. The molecule has 1 heterocycles. The summed E-state index contributed by atoms with van der Waals surface area (Å²) in [5.74, 6) is -1.24. The van der Waals surface area contributed by atoms with Gasteiger partial charge in [0.2, 0.25) is 0 Å². The number of carbonyl (C=O) groups excluding carboxylic acids is 2. The van der Waals surface area contributed by atoms with E-state index in [4.69, 9.17) is 0 Å². The Morgan fingerprint density at radius 1 is 1.17 bits per heavy atom. The van der Waals surface area contributed by atoms with Crippen LogP contribution in [0.2, 0.25) is 0 Å². The first-order valence-corrected chi connectivity index (χ1v) is 7.39. The molecule has 0 saturated heterocycles. The molecule has 0 saturated carbocycles. The van der Waals surface area contributed by atoms with Crippen molar-refractivity contribution >= 4 is 17.6 Å². The molecule has 4 heteroatoms. The largest absolute Gasteiger partial charge is 0.386 e. The molecule has 0 spiro atoms. The van der Waals surface area contributed by atoms with Crippen LogP contribution in [0, 0.1) is 0 Å². The van der Waals surface area contributed by atoms with Crippen LogP contribution >= 0.6 is 0 Å². The molecular weight excluding hydrogens is 290 g/mol. The number of nitrogens with one attached hydrogen (secondary N) is 1. The van der Waals surface area contributed by atoms with Crippen molar-refractivity contribution in [1.29, 1.82) is 0 Å². The van der Waals surface area contributed by atoms with E-state index < -0.39 is 11.9 Å². The van der Waals surface area contributed by atoms with Gasteiger partial charge < -0.3 is 10.1 Å². The molecule has 1 aromatic carbocycles. The molecule has 4 nitrogen and oxygen atoms in total. The topological polar surface area (TPSA) is 55.4 Å². The van der Waals surface area contributed by atoms with Gasteiger partial charge in [0.25, 0.3) is 0 Å². The van der Waals surface area contributed by atoms with Gasteiger partial charge in [0.15, 0.2) is 0 Å². The van der Waals surface area contributed by atoms with E-state index in [-0.39, 0.29) is 11.1 Å². The van der Waals surface area contributed by atoms with Gasteiger partial charge in [-0.2, -0.15) is 0 Å². The van der Waals surface area contributed by atoms with Crippen molar-refractivity contribution in [2.45, 2.75) is 20.8 Å². The van der Waals surface area contributed by atoms with E-state index >= 15 is 0 Å². The zero-order valence-electron chi connectivity index (χ0n) is 13.7. The monoisotopic (exact) mass is 311 g/mol. The number of hydrogen-bond donors (Lipinski definition) is 1. The van der Waals surface area contributed by atoms with Gasteiger partial charge in [0, 0.05) is 11.4 Å². The summed E-state index contributed by atoms with van der Waals surface area (Å²) >= 11 is 0. The second-order valence-corrected chi connectivity index (χ2v) is 4.39. The van der Waals surface area contributed by atoms with Gasteiger partial charge in [-0.15, -0.1) is 0 Å². The van der Waals surface area contributed by atoms with Crippen molar-refractivity contribution in [3.8, 4) is 0 Å². The molecule has 1 aliphatic heterocycles. The Morgan fingerprint density at radius 3 is 2.43 bits per heavy atom. The quantitative estimate of drug-likeness (QED) is 0.502. The minimum Gasteiger partial charge on any atom is -0.386 e. The van der Waals surface area contributed by atoms with Gasteiger partial charge in [-0.05, 0) is 36.8 Å². The van der Waals surface area contributed by atoms with E-state index in [0.29, 0.717) is 11.3 Å². The molecule has 0 aliphatic carbocycles. The van der Waals surface area contributed by atoms with Crippen molar-refractivity contribution in [2.24, 2.45) is 0 Å². The first-order valence-electron chi connectivity index (χ1n) is 7.39. The van der Waals surface area contributed by atoms with Crippen molar-refractivity contribution in [1.82, 2.24) is 5.32 Å². The van der Waals surface area contributed by atoms with E-state index in [0.717, 1.165) is 5.70 Å². The molecule has 2 rings (SSSR count). The Balaban J connectivity index is 0.00000127. The average Bonchev–Trinajstić information content (AvgIpc) is 2.87. The summed E-state index contributed by atoms with van der Waals surface area (Å²) in [6, 6.07) is 4.87. The maximum absolute atomic E-state index is 11.5. The number of ether oxygens (including phenoxy) is 1. The van der Waals surface area contributed by atoms with Crippen molar-refractivity contribution in [3.63, 3.8) is 0 Å². The average molecular weight is 311 g/mol. The fraction of sp³-hybridized carbons (Fsp3) is 0.158. The lowest BCUT2D eigenvalue weighted by Crippen LogP contribution is -2.09. The maximum atomic E-state index is 11.5. The van der Waals surface area contributed by atoms with Gasteiger partial charge in [0.1, 0.15) is 0 Å². The molecule has 1 aromatic rings. The highest BCUT2D eigenvalue weighted by atomic mass is 16.6. The number of benzene rings is 1. The Kier molecular flexibility index (Phi) is 6.74. The van der Waals surface area contributed by atoms with E-state index in [2.05, 4.69) is 23.2 Å². The maximum Gasteiger partial charge on any atom is 0.346 e. The van der Waals surface area contributed by atoms with Crippen LogP contribution in [0.3, 0.4) is 0 Å². The number of allylic oxidation sites excluding steroid dienone is 4. The van der Waals surface area contributed by atoms with E-state index in [1.165, 1.54) is 0 Å². The Bertz CT molecular complexity index is 697. The first-order chi connectivity index (χ1) is 11.1. The molecule has 1 N–H and O–H groups in total. The lowest BCUT2D eigenvalue weighted by Gasteiger charge is -2.10. The molecule has 120 valence electrons. The summed E-state index contributed by atoms with van der Waals surface area (Å²) in [5, 5.41) is 3.10. The predicted octanol–water partition coefficient (Wildman–Crippen LogP) is 4.23. The summed E-state index contributed by atoms with van der Waals surface area (Å²) < 4.78 is 4.56. The van der Waals surface area contributed by atoms with Crippen LogP contribution in [0.1, 0.15) is 47.1 Å². The van der Waals surface area contributed by atoms with Crippen LogP contribution in [0.4, 0.5) is 0 Å². The number of cyclic esters (lactones) is 2. The first kappa shape index (κ1) is 18.2. The molecule has 23 heavy (non-hydrogen) atoms. The van der Waals surface area contributed by atoms with Crippen molar-refractivity contribution in [2.75, 3.05) is 0 Å². The number of hydrogen-bond acceptors (Lipinski definition) is 4. The molecular formula is C19H21NO3. The summed E-state index contributed by atoms with van der Waals surface area (Å²) in [6.45, 7) is 13.6. The number of rotatable bonds is 5. The molecule has 0 unspecified atom stereocenters.